The highest BCUT2D eigenvalue weighted by Gasteiger charge is 2.31. The highest BCUT2D eigenvalue weighted by Crippen LogP contribution is 2.33. The number of nitrogens with one attached hydrogen (secondary N) is 1. The van der Waals surface area contributed by atoms with E-state index in [2.05, 4.69) is 5.32 Å². The summed E-state index contributed by atoms with van der Waals surface area (Å²) in [6.45, 7) is 1.11. The molecule has 0 heterocycles. The van der Waals surface area contributed by atoms with Crippen molar-refractivity contribution >= 4 is 39.1 Å². The summed E-state index contributed by atoms with van der Waals surface area (Å²) in [6, 6.07) is 10.6. The van der Waals surface area contributed by atoms with Crippen LogP contribution in [0.3, 0.4) is 0 Å². The molecule has 2 aromatic carbocycles. The van der Waals surface area contributed by atoms with Crippen molar-refractivity contribution < 1.29 is 27.5 Å². The van der Waals surface area contributed by atoms with Gasteiger partial charge in [-0.15, -0.1) is 0 Å². The highest BCUT2D eigenvalue weighted by atomic mass is 35.5. The summed E-state index contributed by atoms with van der Waals surface area (Å²) in [6.07, 6.45) is 0.983. The third-order valence-electron chi connectivity index (χ3n) is 5.01. The number of hydrogen-bond acceptors (Lipinski definition) is 6. The molecule has 33 heavy (non-hydrogen) atoms. The Morgan fingerprint density at radius 1 is 1.09 bits per heavy atom. The fraction of sp³-hybridized carbons (Fsp3) is 0.364. The number of halogens is 1. The van der Waals surface area contributed by atoms with Gasteiger partial charge in [0.15, 0.2) is 0 Å². The number of sulfonamides is 1. The number of anilines is 1. The van der Waals surface area contributed by atoms with Crippen molar-refractivity contribution in [3.8, 4) is 11.5 Å². The lowest BCUT2D eigenvalue weighted by Crippen LogP contribution is -2.50. The lowest BCUT2D eigenvalue weighted by Gasteiger charge is -2.31. The van der Waals surface area contributed by atoms with Gasteiger partial charge >= 0.3 is 0 Å². The van der Waals surface area contributed by atoms with Crippen LogP contribution in [0.4, 0.5) is 5.69 Å². The quantitative estimate of drug-likeness (QED) is 0.540. The second kappa shape index (κ2) is 11.2. The van der Waals surface area contributed by atoms with Crippen LogP contribution in [0.1, 0.15) is 12.5 Å². The van der Waals surface area contributed by atoms with Crippen molar-refractivity contribution in [3.63, 3.8) is 0 Å². The topological polar surface area (TPSA) is 105 Å². The molecule has 0 aliphatic carbocycles. The molecule has 0 radical (unpaired) electrons. The number of ether oxygens (including phenoxy) is 2. The lowest BCUT2D eigenvalue weighted by molar-refractivity contribution is -0.139. The minimum atomic E-state index is -3.90. The number of rotatable bonds is 10. The van der Waals surface area contributed by atoms with Crippen LogP contribution in [0, 0.1) is 0 Å². The van der Waals surface area contributed by atoms with Gasteiger partial charge < -0.3 is 19.7 Å². The van der Waals surface area contributed by atoms with Gasteiger partial charge in [0.25, 0.3) is 0 Å². The van der Waals surface area contributed by atoms with Gasteiger partial charge in [0, 0.05) is 18.6 Å². The van der Waals surface area contributed by atoms with E-state index in [0.717, 1.165) is 16.1 Å². The van der Waals surface area contributed by atoms with Crippen LogP contribution in [-0.4, -0.2) is 65.2 Å². The number of nitrogens with zero attached hydrogens (tertiary/aromatic N) is 2. The van der Waals surface area contributed by atoms with E-state index in [-0.39, 0.29) is 28.9 Å². The predicted octanol–water partition coefficient (Wildman–Crippen LogP) is 2.29. The summed E-state index contributed by atoms with van der Waals surface area (Å²) < 4.78 is 36.6. The molecule has 0 aliphatic rings. The molecular formula is C22H28ClN3O6S. The molecule has 1 N–H and O–H groups in total. The summed E-state index contributed by atoms with van der Waals surface area (Å²) in [5.74, 6) is -0.0802. The number of carbonyl (C=O) groups excluding carboxylic acids is 2. The van der Waals surface area contributed by atoms with Crippen LogP contribution in [0.5, 0.6) is 11.5 Å². The van der Waals surface area contributed by atoms with E-state index in [1.165, 1.54) is 31.2 Å². The molecule has 11 heteroatoms. The Kier molecular flexibility index (Phi) is 8.95. The highest BCUT2D eigenvalue weighted by molar-refractivity contribution is 7.92. The second-order valence-electron chi connectivity index (χ2n) is 7.25. The third-order valence-corrected chi connectivity index (χ3v) is 6.38. The van der Waals surface area contributed by atoms with Gasteiger partial charge in [-0.3, -0.25) is 13.9 Å². The first-order valence-corrected chi connectivity index (χ1v) is 12.2. The molecule has 0 spiro atoms. The van der Waals surface area contributed by atoms with Crippen molar-refractivity contribution in [1.29, 1.82) is 0 Å². The zero-order chi connectivity index (χ0) is 24.8. The molecule has 9 nitrogen and oxygen atoms in total. The van der Waals surface area contributed by atoms with E-state index in [4.69, 9.17) is 21.1 Å². The SMILES string of the molecule is CNC(=O)[C@@H](C)N(Cc1ccc(OC)cc1)C(=O)CN(c1cc(Cl)ccc1OC)S(C)(=O)=O. The monoisotopic (exact) mass is 497 g/mol. The first kappa shape index (κ1) is 26.3. The summed E-state index contributed by atoms with van der Waals surface area (Å²) in [5, 5.41) is 2.80. The zero-order valence-corrected chi connectivity index (χ0v) is 20.7. The maximum Gasteiger partial charge on any atom is 0.244 e. The average Bonchev–Trinajstić information content (AvgIpc) is 2.79. The molecular weight excluding hydrogens is 470 g/mol. The summed E-state index contributed by atoms with van der Waals surface area (Å²) in [4.78, 5) is 27.1. The fourth-order valence-corrected chi connectivity index (χ4v) is 4.18. The fourth-order valence-electron chi connectivity index (χ4n) is 3.17. The van der Waals surface area contributed by atoms with Gasteiger partial charge in [0.1, 0.15) is 24.1 Å². The van der Waals surface area contributed by atoms with E-state index < -0.39 is 28.5 Å². The van der Waals surface area contributed by atoms with Crippen molar-refractivity contribution in [2.24, 2.45) is 0 Å². The van der Waals surface area contributed by atoms with E-state index in [9.17, 15) is 18.0 Å². The zero-order valence-electron chi connectivity index (χ0n) is 19.2. The summed E-state index contributed by atoms with van der Waals surface area (Å²) in [5.41, 5.74) is 0.865. The maximum absolute atomic E-state index is 13.4. The molecule has 0 unspecified atom stereocenters. The van der Waals surface area contributed by atoms with Gasteiger partial charge in [-0.2, -0.15) is 0 Å². The Labute approximate surface area is 199 Å². The van der Waals surface area contributed by atoms with E-state index in [1.807, 2.05) is 0 Å². The Hall–Kier alpha value is -2.98. The largest absolute Gasteiger partial charge is 0.497 e. The average molecular weight is 498 g/mol. The first-order valence-electron chi connectivity index (χ1n) is 9.97. The number of likely N-dealkylation sites (N-methyl/N-ethyl adjacent to an activating group) is 1. The van der Waals surface area contributed by atoms with Crippen LogP contribution < -0.4 is 19.1 Å². The molecule has 2 amide bonds. The molecule has 0 saturated carbocycles. The Bertz CT molecular complexity index is 1090. The molecule has 2 rings (SSSR count). The smallest absolute Gasteiger partial charge is 0.244 e. The van der Waals surface area contributed by atoms with Crippen LogP contribution in [0.25, 0.3) is 0 Å². The molecule has 2 aromatic rings. The Balaban J connectivity index is 2.44. The number of amides is 2. The third kappa shape index (κ3) is 6.75. The van der Waals surface area contributed by atoms with E-state index >= 15 is 0 Å². The van der Waals surface area contributed by atoms with Crippen molar-refractivity contribution in [3.05, 3.63) is 53.1 Å². The number of methoxy groups -OCH3 is 2. The lowest BCUT2D eigenvalue weighted by atomic mass is 10.1. The molecule has 180 valence electrons. The standard InChI is InChI=1S/C22H28ClN3O6S/c1-15(22(28)24-2)25(13-16-6-9-18(31-3)10-7-16)21(27)14-26(33(5,29)30)19-12-17(23)8-11-20(19)32-4/h6-12,15H,13-14H2,1-5H3,(H,24,28)/t15-/m1/s1. The Morgan fingerprint density at radius 3 is 2.24 bits per heavy atom. The van der Waals surface area contributed by atoms with Gasteiger partial charge in [-0.1, -0.05) is 23.7 Å². The van der Waals surface area contributed by atoms with Gasteiger partial charge in [0.2, 0.25) is 21.8 Å². The minimum Gasteiger partial charge on any atom is -0.497 e. The van der Waals surface area contributed by atoms with Gasteiger partial charge in [0.05, 0.1) is 26.2 Å². The molecule has 0 fully saturated rings. The molecule has 0 aliphatic heterocycles. The summed E-state index contributed by atoms with van der Waals surface area (Å²) >= 11 is 6.07. The van der Waals surface area contributed by atoms with Crippen LogP contribution in [0.15, 0.2) is 42.5 Å². The molecule has 0 saturated heterocycles. The van der Waals surface area contributed by atoms with Gasteiger partial charge in [-0.05, 0) is 42.8 Å². The maximum atomic E-state index is 13.4. The summed E-state index contributed by atoms with van der Waals surface area (Å²) in [7, 11) is 0.499. The van der Waals surface area contributed by atoms with Crippen molar-refractivity contribution in [1.82, 2.24) is 10.2 Å². The van der Waals surface area contributed by atoms with E-state index in [0.29, 0.717) is 5.75 Å². The molecule has 1 atom stereocenters. The number of hydrogen-bond donors (Lipinski definition) is 1. The number of benzene rings is 2. The second-order valence-corrected chi connectivity index (χ2v) is 9.59. The Morgan fingerprint density at radius 2 is 1.73 bits per heavy atom. The van der Waals surface area contributed by atoms with Crippen LogP contribution in [0.2, 0.25) is 5.02 Å². The van der Waals surface area contributed by atoms with E-state index in [1.54, 1.807) is 44.4 Å². The molecule has 0 aromatic heterocycles. The van der Waals surface area contributed by atoms with Crippen molar-refractivity contribution in [2.45, 2.75) is 19.5 Å². The predicted molar refractivity (Wildman–Crippen MR) is 127 cm³/mol. The first-order chi connectivity index (χ1) is 15.5. The van der Waals surface area contributed by atoms with Gasteiger partial charge in [-0.25, -0.2) is 8.42 Å². The minimum absolute atomic E-state index is 0.0850. The van der Waals surface area contributed by atoms with Crippen molar-refractivity contribution in [2.75, 3.05) is 38.4 Å². The number of carbonyl (C=O) groups is 2. The molecule has 0 bridgehead atoms. The normalized spacial score (nSPS) is 11.9. The van der Waals surface area contributed by atoms with Crippen LogP contribution >= 0.6 is 11.6 Å². The van der Waals surface area contributed by atoms with Crippen LogP contribution in [-0.2, 0) is 26.2 Å².